The Hall–Kier alpha value is -2.65. The van der Waals surface area contributed by atoms with Gasteiger partial charge in [0.1, 0.15) is 18.4 Å². The molecule has 3 rings (SSSR count). The van der Waals surface area contributed by atoms with Crippen LogP contribution >= 0.6 is 0 Å². The Kier molecular flexibility index (Phi) is 3.69. The van der Waals surface area contributed by atoms with Crippen LogP contribution in [-0.2, 0) is 17.9 Å². The smallest absolute Gasteiger partial charge is 0.404 e. The molecule has 2 aliphatic rings. The molecule has 1 aliphatic heterocycles. The van der Waals surface area contributed by atoms with Crippen molar-refractivity contribution in [2.24, 2.45) is 11.5 Å². The highest BCUT2D eigenvalue weighted by Gasteiger charge is 2.43. The van der Waals surface area contributed by atoms with Gasteiger partial charge in [0.15, 0.2) is 0 Å². The minimum Gasteiger partial charge on any atom is -0.445 e. The number of Topliss-reactive ketones (excluding diaryl/α,β-unsaturated/α-hetero) is 2. The van der Waals surface area contributed by atoms with Crippen LogP contribution in [0.2, 0.25) is 0 Å². The van der Waals surface area contributed by atoms with Crippen molar-refractivity contribution in [3.8, 4) is 0 Å². The molecule has 0 spiro atoms. The third-order valence-corrected chi connectivity index (χ3v) is 4.61. The molecule has 1 aromatic rings. The molecule has 0 aromatic carbocycles. The number of allylic oxidation sites excluding steroid dienone is 2. The third kappa shape index (κ3) is 2.05. The standard InChI is InChI=1S/C15H18N4O5/c1-5-9(16)14(22)8-6(4-24-15(17)23)10-13(21)7(18-2)3-19(10)11(8)12(5)20/h7,13,18,21H,3-4,16H2,1-2H3,(H2,17,23)/t7-,13-/m0/s1. The highest BCUT2D eigenvalue weighted by Crippen LogP contribution is 2.39. The van der Waals surface area contributed by atoms with E-state index in [1.807, 2.05) is 0 Å². The van der Waals surface area contributed by atoms with Crippen LogP contribution < -0.4 is 16.8 Å². The molecular formula is C15H18N4O5. The zero-order chi connectivity index (χ0) is 17.8. The van der Waals surface area contributed by atoms with Gasteiger partial charge in [-0.15, -0.1) is 0 Å². The van der Waals surface area contributed by atoms with E-state index in [1.54, 1.807) is 11.6 Å². The Balaban J connectivity index is 2.23. The van der Waals surface area contributed by atoms with Crippen LogP contribution in [0.25, 0.3) is 0 Å². The summed E-state index contributed by atoms with van der Waals surface area (Å²) in [6.07, 6.45) is -1.98. The number of ketones is 2. The van der Waals surface area contributed by atoms with Crippen LogP contribution in [0.15, 0.2) is 11.3 Å². The highest BCUT2D eigenvalue weighted by atomic mass is 16.5. The zero-order valence-electron chi connectivity index (χ0n) is 13.3. The number of likely N-dealkylation sites (N-methyl/N-ethyl adjacent to an activating group) is 1. The summed E-state index contributed by atoms with van der Waals surface area (Å²) in [4.78, 5) is 36.2. The number of ether oxygens (including phenoxy) is 1. The minimum atomic E-state index is -1.02. The fourth-order valence-electron chi connectivity index (χ4n) is 3.33. The number of primary amides is 1. The SMILES string of the molecule is CN[C@H]1Cn2c3c(c(COC(N)=O)c2[C@H]1O)C(=O)C(N)=C(C)C3=O. The lowest BCUT2D eigenvalue weighted by Gasteiger charge is -2.18. The lowest BCUT2D eigenvalue weighted by atomic mass is 9.89. The number of nitrogens with one attached hydrogen (secondary N) is 1. The number of aromatic nitrogens is 1. The Labute approximate surface area is 137 Å². The van der Waals surface area contributed by atoms with E-state index in [-0.39, 0.29) is 46.5 Å². The number of nitrogens with two attached hydrogens (primary N) is 2. The van der Waals surface area contributed by atoms with Crippen LogP contribution in [0.1, 0.15) is 45.1 Å². The van der Waals surface area contributed by atoms with Crippen LogP contribution in [0.4, 0.5) is 4.79 Å². The number of aliphatic hydroxyl groups is 1. The molecule has 6 N–H and O–H groups in total. The van der Waals surface area contributed by atoms with Gasteiger partial charge in [0.2, 0.25) is 11.6 Å². The summed E-state index contributed by atoms with van der Waals surface area (Å²) >= 11 is 0. The number of hydrogen-bond donors (Lipinski definition) is 4. The highest BCUT2D eigenvalue weighted by molar-refractivity contribution is 6.26. The van der Waals surface area contributed by atoms with Crippen LogP contribution in [0.5, 0.6) is 0 Å². The van der Waals surface area contributed by atoms with E-state index in [9.17, 15) is 19.5 Å². The lowest BCUT2D eigenvalue weighted by Crippen LogP contribution is -2.32. The summed E-state index contributed by atoms with van der Waals surface area (Å²) in [6.45, 7) is 1.47. The monoisotopic (exact) mass is 334 g/mol. The van der Waals surface area contributed by atoms with Crippen molar-refractivity contribution in [3.63, 3.8) is 0 Å². The molecule has 9 heteroatoms. The minimum absolute atomic E-state index is 0.0768. The lowest BCUT2D eigenvalue weighted by molar-refractivity contribution is 0.0964. The maximum absolute atomic E-state index is 12.6. The molecule has 0 saturated heterocycles. The fourth-order valence-corrected chi connectivity index (χ4v) is 3.33. The van der Waals surface area contributed by atoms with Gasteiger partial charge < -0.3 is 31.2 Å². The van der Waals surface area contributed by atoms with Gasteiger partial charge in [0.25, 0.3) is 0 Å². The van der Waals surface area contributed by atoms with Gasteiger partial charge >= 0.3 is 6.09 Å². The van der Waals surface area contributed by atoms with Crippen LogP contribution in [0.3, 0.4) is 0 Å². The first-order chi connectivity index (χ1) is 11.3. The average molecular weight is 334 g/mol. The maximum atomic E-state index is 12.6. The van der Waals surface area contributed by atoms with Gasteiger partial charge in [-0.05, 0) is 14.0 Å². The first kappa shape index (κ1) is 16.2. The summed E-state index contributed by atoms with van der Waals surface area (Å²) < 4.78 is 6.41. The third-order valence-electron chi connectivity index (χ3n) is 4.61. The van der Waals surface area contributed by atoms with Crippen molar-refractivity contribution in [2.45, 2.75) is 32.2 Å². The van der Waals surface area contributed by atoms with Gasteiger partial charge in [0.05, 0.1) is 23.0 Å². The van der Waals surface area contributed by atoms with Gasteiger partial charge in [-0.3, -0.25) is 9.59 Å². The van der Waals surface area contributed by atoms with E-state index < -0.39 is 18.0 Å². The number of nitrogens with zero attached hydrogens (tertiary/aromatic N) is 1. The molecule has 24 heavy (non-hydrogen) atoms. The second-order valence-corrected chi connectivity index (χ2v) is 5.84. The molecule has 9 nitrogen and oxygen atoms in total. The number of fused-ring (bicyclic) bond motifs is 3. The molecule has 0 saturated carbocycles. The Morgan fingerprint density at radius 1 is 1.42 bits per heavy atom. The van der Waals surface area contributed by atoms with E-state index >= 15 is 0 Å². The van der Waals surface area contributed by atoms with E-state index in [1.165, 1.54) is 6.92 Å². The molecule has 2 heterocycles. The molecular weight excluding hydrogens is 316 g/mol. The van der Waals surface area contributed by atoms with Crippen molar-refractivity contribution in [3.05, 3.63) is 33.8 Å². The molecule has 2 atom stereocenters. The number of rotatable bonds is 3. The predicted octanol–water partition coefficient (Wildman–Crippen LogP) is -0.670. The first-order valence-electron chi connectivity index (χ1n) is 7.38. The number of amides is 1. The summed E-state index contributed by atoms with van der Waals surface area (Å²) in [6, 6.07) is -0.330. The van der Waals surface area contributed by atoms with Crippen molar-refractivity contribution >= 4 is 17.7 Å². The summed E-state index contributed by atoms with van der Waals surface area (Å²) in [5.41, 5.74) is 11.7. The van der Waals surface area contributed by atoms with Crippen molar-refractivity contribution < 1.29 is 24.2 Å². The number of carbonyl (C=O) groups excluding carboxylic acids is 3. The normalized spacial score (nSPS) is 22.6. The van der Waals surface area contributed by atoms with Gasteiger partial charge in [-0.25, -0.2) is 4.79 Å². The van der Waals surface area contributed by atoms with Crippen LogP contribution in [-0.4, -0.2) is 40.4 Å². The molecule has 0 fully saturated rings. The Morgan fingerprint density at radius 2 is 2.08 bits per heavy atom. The molecule has 0 bridgehead atoms. The largest absolute Gasteiger partial charge is 0.445 e. The maximum Gasteiger partial charge on any atom is 0.404 e. The average Bonchev–Trinajstić information content (AvgIpc) is 3.03. The summed E-state index contributed by atoms with van der Waals surface area (Å²) in [5.74, 6) is -0.891. The summed E-state index contributed by atoms with van der Waals surface area (Å²) in [7, 11) is 1.68. The fraction of sp³-hybridized carbons (Fsp3) is 0.400. The van der Waals surface area contributed by atoms with Crippen LogP contribution in [0, 0.1) is 0 Å². The van der Waals surface area contributed by atoms with E-state index in [0.717, 1.165) is 0 Å². The quantitative estimate of drug-likeness (QED) is 0.572. The van der Waals surface area contributed by atoms with Crippen molar-refractivity contribution in [1.82, 2.24) is 9.88 Å². The van der Waals surface area contributed by atoms with Gasteiger partial charge in [-0.1, -0.05) is 0 Å². The molecule has 1 amide bonds. The summed E-state index contributed by atoms with van der Waals surface area (Å²) in [5, 5.41) is 13.5. The van der Waals surface area contributed by atoms with E-state index in [2.05, 4.69) is 5.32 Å². The Morgan fingerprint density at radius 3 is 2.67 bits per heavy atom. The number of carbonyl (C=O) groups is 3. The molecule has 128 valence electrons. The second-order valence-electron chi connectivity index (χ2n) is 5.84. The van der Waals surface area contributed by atoms with E-state index in [4.69, 9.17) is 16.2 Å². The molecule has 1 aliphatic carbocycles. The Bertz CT molecular complexity index is 807. The molecule has 1 aromatic heterocycles. The predicted molar refractivity (Wildman–Crippen MR) is 82.2 cm³/mol. The molecule has 0 unspecified atom stereocenters. The van der Waals surface area contributed by atoms with Crippen molar-refractivity contribution in [1.29, 1.82) is 0 Å². The second kappa shape index (κ2) is 5.46. The zero-order valence-corrected chi connectivity index (χ0v) is 13.3. The van der Waals surface area contributed by atoms with E-state index in [0.29, 0.717) is 12.2 Å². The number of hydrogen-bond acceptors (Lipinski definition) is 7. The molecule has 0 radical (unpaired) electrons. The first-order valence-corrected chi connectivity index (χ1v) is 7.38. The number of aliphatic hydroxyl groups excluding tert-OH is 1. The van der Waals surface area contributed by atoms with Crippen molar-refractivity contribution in [2.75, 3.05) is 7.05 Å². The van der Waals surface area contributed by atoms with Gasteiger partial charge in [0, 0.05) is 17.7 Å². The van der Waals surface area contributed by atoms with Gasteiger partial charge in [-0.2, -0.15) is 0 Å². The topological polar surface area (TPSA) is 150 Å².